The fourth-order valence-electron chi connectivity index (χ4n) is 2.49. The second-order valence-electron chi connectivity index (χ2n) is 4.79. The van der Waals surface area contributed by atoms with E-state index in [9.17, 15) is 9.90 Å². The van der Waals surface area contributed by atoms with Gasteiger partial charge in [0.1, 0.15) is 5.41 Å². The summed E-state index contributed by atoms with van der Waals surface area (Å²) >= 11 is 0. The highest BCUT2D eigenvalue weighted by molar-refractivity contribution is 5.77. The van der Waals surface area contributed by atoms with Gasteiger partial charge in [-0.2, -0.15) is 0 Å². The smallest absolute Gasteiger partial charge is 0.315 e. The van der Waals surface area contributed by atoms with Gasteiger partial charge in [0, 0.05) is 12.6 Å². The first-order valence-electron chi connectivity index (χ1n) is 5.31. The van der Waals surface area contributed by atoms with Gasteiger partial charge in [-0.15, -0.1) is 0 Å². The molecule has 0 aromatic heterocycles. The summed E-state index contributed by atoms with van der Waals surface area (Å²) in [6.45, 7) is 2.44. The van der Waals surface area contributed by atoms with E-state index in [0.29, 0.717) is 0 Å². The minimum absolute atomic E-state index is 0.268. The van der Waals surface area contributed by atoms with Crippen LogP contribution in [-0.4, -0.2) is 55.4 Å². The fraction of sp³-hybridized carbons (Fsp3) is 0.900. The molecule has 86 valence electrons. The van der Waals surface area contributed by atoms with Crippen molar-refractivity contribution in [3.8, 4) is 0 Å². The topological polar surface area (TPSA) is 75.8 Å². The first-order chi connectivity index (χ1) is 7.06. The molecule has 0 aromatic carbocycles. The largest absolute Gasteiger partial charge is 0.481 e. The number of likely N-dealkylation sites (tertiary alicyclic amines) is 1. The molecule has 0 aliphatic carbocycles. The molecule has 2 aliphatic rings. The van der Waals surface area contributed by atoms with Gasteiger partial charge in [0.2, 0.25) is 0 Å². The van der Waals surface area contributed by atoms with Crippen LogP contribution in [0.5, 0.6) is 0 Å². The number of carbonyl (C=O) groups is 1. The van der Waals surface area contributed by atoms with Crippen LogP contribution < -0.4 is 5.73 Å². The van der Waals surface area contributed by atoms with Crippen LogP contribution in [0.2, 0.25) is 0 Å². The van der Waals surface area contributed by atoms with Crippen molar-refractivity contribution >= 4 is 5.97 Å². The molecule has 5 nitrogen and oxygen atoms in total. The molecule has 2 saturated heterocycles. The van der Waals surface area contributed by atoms with Gasteiger partial charge >= 0.3 is 5.97 Å². The second kappa shape index (κ2) is 3.73. The zero-order chi connectivity index (χ0) is 11.1. The average molecular weight is 214 g/mol. The summed E-state index contributed by atoms with van der Waals surface area (Å²) in [6, 6.07) is -0.284. The third kappa shape index (κ3) is 1.64. The minimum Gasteiger partial charge on any atom is -0.481 e. The molecule has 2 fully saturated rings. The maximum absolute atomic E-state index is 11.2. The van der Waals surface area contributed by atoms with E-state index >= 15 is 0 Å². The standard InChI is InChI=1S/C10H18N2O3/c1-12-3-2-7(4-12)8(11)10(9(13)14)5-15-6-10/h7-8H,2-6,11H2,1H3,(H,13,14). The van der Waals surface area contributed by atoms with E-state index in [0.717, 1.165) is 19.5 Å². The van der Waals surface area contributed by atoms with E-state index in [4.69, 9.17) is 10.5 Å². The lowest BCUT2D eigenvalue weighted by molar-refractivity contribution is -0.187. The molecule has 15 heavy (non-hydrogen) atoms. The highest BCUT2D eigenvalue weighted by Gasteiger charge is 2.53. The van der Waals surface area contributed by atoms with Crippen LogP contribution in [0.1, 0.15) is 6.42 Å². The van der Waals surface area contributed by atoms with E-state index in [1.807, 2.05) is 7.05 Å². The Kier molecular flexibility index (Phi) is 2.70. The van der Waals surface area contributed by atoms with E-state index in [-0.39, 0.29) is 25.2 Å². The highest BCUT2D eigenvalue weighted by Crippen LogP contribution is 2.36. The third-order valence-electron chi connectivity index (χ3n) is 3.72. The number of carboxylic acids is 1. The predicted octanol–water partition coefficient (Wildman–Crippen LogP) is -0.633. The Bertz CT molecular complexity index is 265. The molecule has 0 bridgehead atoms. The summed E-state index contributed by atoms with van der Waals surface area (Å²) in [7, 11) is 2.04. The first kappa shape index (κ1) is 10.9. The lowest BCUT2D eigenvalue weighted by Gasteiger charge is -2.44. The number of hydrogen-bond donors (Lipinski definition) is 2. The quantitative estimate of drug-likeness (QED) is 0.654. The second-order valence-corrected chi connectivity index (χ2v) is 4.79. The average Bonchev–Trinajstić information content (AvgIpc) is 2.48. The molecule has 2 rings (SSSR count). The zero-order valence-corrected chi connectivity index (χ0v) is 8.98. The third-order valence-corrected chi connectivity index (χ3v) is 3.72. The van der Waals surface area contributed by atoms with Crippen LogP contribution in [0.3, 0.4) is 0 Å². The molecule has 2 heterocycles. The van der Waals surface area contributed by atoms with Crippen molar-refractivity contribution in [2.75, 3.05) is 33.4 Å². The zero-order valence-electron chi connectivity index (χ0n) is 8.98. The maximum atomic E-state index is 11.2. The normalized spacial score (nSPS) is 32.3. The molecule has 2 aliphatic heterocycles. The summed E-state index contributed by atoms with van der Waals surface area (Å²) in [6.07, 6.45) is 0.993. The van der Waals surface area contributed by atoms with Crippen molar-refractivity contribution in [2.24, 2.45) is 17.1 Å². The molecule has 0 spiro atoms. The Morgan fingerprint density at radius 3 is 2.67 bits per heavy atom. The number of nitrogens with zero attached hydrogens (tertiary/aromatic N) is 1. The van der Waals surface area contributed by atoms with Gasteiger partial charge in [-0.05, 0) is 25.9 Å². The molecular formula is C10H18N2O3. The molecule has 0 radical (unpaired) electrons. The molecule has 0 amide bonds. The summed E-state index contributed by atoms with van der Waals surface area (Å²) in [5.41, 5.74) is 5.27. The Hall–Kier alpha value is -0.650. The Morgan fingerprint density at radius 2 is 2.33 bits per heavy atom. The Morgan fingerprint density at radius 1 is 1.67 bits per heavy atom. The van der Waals surface area contributed by atoms with E-state index in [1.165, 1.54) is 0 Å². The van der Waals surface area contributed by atoms with Gasteiger partial charge in [0.05, 0.1) is 13.2 Å². The monoisotopic (exact) mass is 214 g/mol. The van der Waals surface area contributed by atoms with E-state index in [1.54, 1.807) is 0 Å². The van der Waals surface area contributed by atoms with Crippen LogP contribution in [-0.2, 0) is 9.53 Å². The summed E-state index contributed by atoms with van der Waals surface area (Å²) < 4.78 is 5.03. The number of hydrogen-bond acceptors (Lipinski definition) is 4. The van der Waals surface area contributed by atoms with Crippen molar-refractivity contribution in [1.82, 2.24) is 4.90 Å². The molecule has 5 heteroatoms. The highest BCUT2D eigenvalue weighted by atomic mass is 16.5. The summed E-state index contributed by atoms with van der Waals surface area (Å²) in [5.74, 6) is -0.522. The van der Waals surface area contributed by atoms with Crippen molar-refractivity contribution in [3.05, 3.63) is 0 Å². The van der Waals surface area contributed by atoms with Gasteiger partial charge in [-0.25, -0.2) is 0 Å². The number of carboxylic acid groups (broad SMARTS) is 1. The minimum atomic E-state index is -0.824. The van der Waals surface area contributed by atoms with Gasteiger partial charge in [0.15, 0.2) is 0 Å². The molecule has 3 N–H and O–H groups in total. The van der Waals surface area contributed by atoms with Gasteiger partial charge in [-0.3, -0.25) is 4.79 Å². The molecular weight excluding hydrogens is 196 g/mol. The van der Waals surface area contributed by atoms with Gasteiger partial charge in [-0.1, -0.05) is 0 Å². The Labute approximate surface area is 89.2 Å². The first-order valence-corrected chi connectivity index (χ1v) is 5.31. The maximum Gasteiger partial charge on any atom is 0.315 e. The summed E-state index contributed by atoms with van der Waals surface area (Å²) in [5, 5.41) is 9.21. The lowest BCUT2D eigenvalue weighted by Crippen LogP contribution is -2.62. The van der Waals surface area contributed by atoms with Crippen LogP contribution >= 0.6 is 0 Å². The lowest BCUT2D eigenvalue weighted by atomic mass is 9.73. The van der Waals surface area contributed by atoms with Crippen molar-refractivity contribution < 1.29 is 14.6 Å². The van der Waals surface area contributed by atoms with Crippen LogP contribution in [0.25, 0.3) is 0 Å². The van der Waals surface area contributed by atoms with Crippen molar-refractivity contribution in [3.63, 3.8) is 0 Å². The van der Waals surface area contributed by atoms with Crippen molar-refractivity contribution in [2.45, 2.75) is 12.5 Å². The number of rotatable bonds is 3. The fourth-order valence-corrected chi connectivity index (χ4v) is 2.49. The molecule has 0 aromatic rings. The molecule has 2 atom stereocenters. The van der Waals surface area contributed by atoms with Crippen molar-refractivity contribution in [1.29, 1.82) is 0 Å². The van der Waals surface area contributed by atoms with E-state index < -0.39 is 11.4 Å². The van der Waals surface area contributed by atoms with Gasteiger partial charge in [0.25, 0.3) is 0 Å². The molecule has 0 saturated carbocycles. The SMILES string of the molecule is CN1CCC(C(N)C2(C(=O)O)COC2)C1. The number of aliphatic carboxylic acids is 1. The van der Waals surface area contributed by atoms with Crippen LogP contribution in [0, 0.1) is 11.3 Å². The van der Waals surface area contributed by atoms with Crippen LogP contribution in [0.4, 0.5) is 0 Å². The predicted molar refractivity (Wildman–Crippen MR) is 54.5 cm³/mol. The number of ether oxygens (including phenoxy) is 1. The summed E-state index contributed by atoms with van der Waals surface area (Å²) in [4.78, 5) is 13.4. The van der Waals surface area contributed by atoms with E-state index in [2.05, 4.69) is 4.90 Å². The molecule has 2 unspecified atom stereocenters. The van der Waals surface area contributed by atoms with Gasteiger partial charge < -0.3 is 20.5 Å². The van der Waals surface area contributed by atoms with Crippen LogP contribution in [0.15, 0.2) is 0 Å². The Balaban J connectivity index is 2.05. The number of nitrogens with two attached hydrogens (primary N) is 1.